The molecule has 124 valence electrons. The summed E-state index contributed by atoms with van der Waals surface area (Å²) < 4.78 is 5.44. The Morgan fingerprint density at radius 1 is 1.59 bits per heavy atom. The Labute approximate surface area is 147 Å². The van der Waals surface area contributed by atoms with Gasteiger partial charge in [0, 0.05) is 49.2 Å². The van der Waals surface area contributed by atoms with Crippen molar-refractivity contribution in [3.8, 4) is 0 Å². The lowest BCUT2D eigenvalue weighted by Gasteiger charge is -2.23. The van der Waals surface area contributed by atoms with Crippen molar-refractivity contribution < 1.29 is 9.53 Å². The van der Waals surface area contributed by atoms with Crippen LogP contribution in [0.5, 0.6) is 0 Å². The van der Waals surface area contributed by atoms with E-state index in [-0.39, 0.29) is 30.5 Å². The largest absolute Gasteiger partial charge is 0.375 e. The Morgan fingerprint density at radius 2 is 2.41 bits per heavy atom. The summed E-state index contributed by atoms with van der Waals surface area (Å²) in [6, 6.07) is 7.79. The van der Waals surface area contributed by atoms with E-state index < -0.39 is 0 Å². The van der Waals surface area contributed by atoms with Gasteiger partial charge in [-0.3, -0.25) is 4.79 Å². The van der Waals surface area contributed by atoms with Gasteiger partial charge in [0.05, 0.1) is 6.10 Å². The number of methoxy groups -OCH3 is 1. The highest BCUT2D eigenvalue weighted by Gasteiger charge is 2.18. The second-order valence-corrected chi connectivity index (χ2v) is 6.60. The van der Waals surface area contributed by atoms with Crippen molar-refractivity contribution in [2.45, 2.75) is 18.6 Å². The summed E-state index contributed by atoms with van der Waals surface area (Å²) in [6.07, 6.45) is 0.334. The van der Waals surface area contributed by atoms with Crippen LogP contribution in [0.4, 0.5) is 0 Å². The van der Waals surface area contributed by atoms with Crippen molar-refractivity contribution in [3.05, 3.63) is 34.9 Å². The predicted octanol–water partition coefficient (Wildman–Crippen LogP) is 2.66. The smallest absolute Gasteiger partial charge is 0.221 e. The van der Waals surface area contributed by atoms with Crippen molar-refractivity contribution in [2.75, 3.05) is 31.7 Å². The molecule has 0 aliphatic carbocycles. The molecule has 1 aliphatic rings. The van der Waals surface area contributed by atoms with Gasteiger partial charge in [-0.1, -0.05) is 23.7 Å². The first kappa shape index (κ1) is 19.6. The van der Waals surface area contributed by atoms with E-state index in [0.717, 1.165) is 23.6 Å². The standard InChI is InChI=1S/C15H21ClN2O2S.ClH/c1-20-14(11-3-2-4-12(16)7-11)9-18-15(19)8-13-10-21-6-5-17-13;/h2-4,7,13-14,17H,5-6,8-10H2,1H3,(H,18,19);1H. The fourth-order valence-corrected chi connectivity index (χ4v) is 3.45. The number of hydrogen-bond acceptors (Lipinski definition) is 4. The van der Waals surface area contributed by atoms with Crippen LogP contribution in [0.2, 0.25) is 5.02 Å². The van der Waals surface area contributed by atoms with Gasteiger partial charge in [0.15, 0.2) is 0 Å². The molecule has 22 heavy (non-hydrogen) atoms. The molecule has 2 unspecified atom stereocenters. The number of halogens is 2. The molecule has 1 aromatic rings. The van der Waals surface area contributed by atoms with Gasteiger partial charge in [-0.05, 0) is 17.7 Å². The van der Waals surface area contributed by atoms with Crippen LogP contribution in [0.15, 0.2) is 24.3 Å². The van der Waals surface area contributed by atoms with E-state index in [9.17, 15) is 4.79 Å². The molecular weight excluding hydrogens is 343 g/mol. The molecule has 0 aromatic heterocycles. The van der Waals surface area contributed by atoms with Crippen LogP contribution in [-0.4, -0.2) is 43.7 Å². The van der Waals surface area contributed by atoms with Crippen LogP contribution in [0.1, 0.15) is 18.1 Å². The Morgan fingerprint density at radius 3 is 3.05 bits per heavy atom. The van der Waals surface area contributed by atoms with Gasteiger partial charge in [-0.2, -0.15) is 11.8 Å². The molecule has 7 heteroatoms. The molecule has 0 spiro atoms. The van der Waals surface area contributed by atoms with E-state index in [1.165, 1.54) is 0 Å². The fourth-order valence-electron chi connectivity index (χ4n) is 2.30. The van der Waals surface area contributed by atoms with Crippen LogP contribution < -0.4 is 10.6 Å². The Bertz CT molecular complexity index is 471. The number of rotatable bonds is 6. The molecule has 1 amide bonds. The second-order valence-electron chi connectivity index (χ2n) is 5.01. The van der Waals surface area contributed by atoms with Gasteiger partial charge >= 0.3 is 0 Å². The van der Waals surface area contributed by atoms with Crippen molar-refractivity contribution in [1.82, 2.24) is 10.6 Å². The van der Waals surface area contributed by atoms with E-state index in [1.54, 1.807) is 7.11 Å². The molecule has 1 aliphatic heterocycles. The van der Waals surface area contributed by atoms with Gasteiger partial charge in [-0.15, -0.1) is 12.4 Å². The lowest BCUT2D eigenvalue weighted by atomic mass is 10.1. The summed E-state index contributed by atoms with van der Waals surface area (Å²) in [5.74, 6) is 2.17. The number of thioether (sulfide) groups is 1. The molecule has 2 rings (SSSR count). The van der Waals surface area contributed by atoms with Crippen LogP contribution in [0, 0.1) is 0 Å². The second kappa shape index (κ2) is 10.3. The topological polar surface area (TPSA) is 50.4 Å². The maximum absolute atomic E-state index is 12.0. The zero-order chi connectivity index (χ0) is 15.1. The number of hydrogen-bond donors (Lipinski definition) is 2. The van der Waals surface area contributed by atoms with E-state index in [2.05, 4.69) is 10.6 Å². The third-order valence-corrected chi connectivity index (χ3v) is 4.79. The van der Waals surface area contributed by atoms with Crippen LogP contribution in [0.3, 0.4) is 0 Å². The summed E-state index contributed by atoms with van der Waals surface area (Å²) in [5, 5.41) is 6.97. The Hall–Kier alpha value is -0.460. The summed E-state index contributed by atoms with van der Waals surface area (Å²) in [7, 11) is 1.64. The molecule has 4 nitrogen and oxygen atoms in total. The van der Waals surface area contributed by atoms with Gasteiger partial charge in [0.2, 0.25) is 5.91 Å². The number of nitrogens with one attached hydrogen (secondary N) is 2. The quantitative estimate of drug-likeness (QED) is 0.814. The van der Waals surface area contributed by atoms with E-state index in [1.807, 2.05) is 36.0 Å². The number of carbonyl (C=O) groups excluding carboxylic acids is 1. The molecule has 0 bridgehead atoms. The molecule has 2 atom stereocenters. The number of carbonyl (C=O) groups is 1. The Kier molecular flexibility index (Phi) is 9.21. The van der Waals surface area contributed by atoms with Crippen molar-refractivity contribution in [1.29, 1.82) is 0 Å². The lowest BCUT2D eigenvalue weighted by molar-refractivity contribution is -0.122. The fraction of sp³-hybridized carbons (Fsp3) is 0.533. The van der Waals surface area contributed by atoms with Crippen LogP contribution in [-0.2, 0) is 9.53 Å². The highest BCUT2D eigenvalue weighted by molar-refractivity contribution is 7.99. The van der Waals surface area contributed by atoms with Crippen LogP contribution >= 0.6 is 35.8 Å². The zero-order valence-electron chi connectivity index (χ0n) is 12.5. The van der Waals surface area contributed by atoms with Crippen molar-refractivity contribution in [2.24, 2.45) is 0 Å². The van der Waals surface area contributed by atoms with Gasteiger partial charge in [-0.25, -0.2) is 0 Å². The van der Waals surface area contributed by atoms with Crippen molar-refractivity contribution >= 4 is 41.7 Å². The first-order valence-electron chi connectivity index (χ1n) is 7.05. The molecule has 1 saturated heterocycles. The summed E-state index contributed by atoms with van der Waals surface area (Å²) >= 11 is 7.87. The van der Waals surface area contributed by atoms with Gasteiger partial charge in [0.1, 0.15) is 0 Å². The van der Waals surface area contributed by atoms with E-state index in [0.29, 0.717) is 18.0 Å². The normalized spacial score (nSPS) is 19.1. The van der Waals surface area contributed by atoms with E-state index >= 15 is 0 Å². The number of ether oxygens (including phenoxy) is 1. The lowest BCUT2D eigenvalue weighted by Crippen LogP contribution is -2.42. The molecule has 1 fully saturated rings. The average Bonchev–Trinajstić information content (AvgIpc) is 2.49. The first-order valence-corrected chi connectivity index (χ1v) is 8.58. The minimum atomic E-state index is -0.179. The molecule has 2 N–H and O–H groups in total. The highest BCUT2D eigenvalue weighted by atomic mass is 35.5. The van der Waals surface area contributed by atoms with Gasteiger partial charge in [0.25, 0.3) is 0 Å². The maximum Gasteiger partial charge on any atom is 0.221 e. The molecule has 1 aromatic carbocycles. The summed E-state index contributed by atoms with van der Waals surface area (Å²) in [4.78, 5) is 12.0. The third kappa shape index (κ3) is 6.34. The number of amides is 1. The first-order chi connectivity index (χ1) is 10.2. The minimum absolute atomic E-state index is 0. The van der Waals surface area contributed by atoms with Crippen molar-refractivity contribution in [3.63, 3.8) is 0 Å². The maximum atomic E-state index is 12.0. The molecule has 0 radical (unpaired) electrons. The highest BCUT2D eigenvalue weighted by Crippen LogP contribution is 2.19. The monoisotopic (exact) mass is 364 g/mol. The zero-order valence-corrected chi connectivity index (χ0v) is 14.9. The Balaban J connectivity index is 0.00000242. The summed E-state index contributed by atoms with van der Waals surface area (Å²) in [5.41, 5.74) is 0.969. The molecule has 1 heterocycles. The SMILES string of the molecule is COC(CNC(=O)CC1CSCCN1)c1cccc(Cl)c1.Cl. The van der Waals surface area contributed by atoms with E-state index in [4.69, 9.17) is 16.3 Å². The third-order valence-electron chi connectivity index (χ3n) is 3.42. The van der Waals surface area contributed by atoms with Crippen LogP contribution in [0.25, 0.3) is 0 Å². The molecular formula is C15H22Cl2N2O2S. The van der Waals surface area contributed by atoms with Gasteiger partial charge < -0.3 is 15.4 Å². The summed E-state index contributed by atoms with van der Waals surface area (Å²) in [6.45, 7) is 1.43. The molecule has 0 saturated carbocycles. The predicted molar refractivity (Wildman–Crippen MR) is 95.2 cm³/mol. The average molecular weight is 365 g/mol. The minimum Gasteiger partial charge on any atom is -0.375 e. The number of benzene rings is 1.